The lowest BCUT2D eigenvalue weighted by Gasteiger charge is -2.25. The zero-order valence-electron chi connectivity index (χ0n) is 16.9. The summed E-state index contributed by atoms with van der Waals surface area (Å²) in [4.78, 5) is 27.8. The zero-order chi connectivity index (χ0) is 20.6. The second-order valence-electron chi connectivity index (χ2n) is 8.10. The number of benzene rings is 2. The first-order valence-corrected chi connectivity index (χ1v) is 9.22. The van der Waals surface area contributed by atoms with Crippen molar-refractivity contribution in [2.45, 2.75) is 46.8 Å². The molecule has 6 heteroatoms. The molecule has 0 bridgehead atoms. The number of aryl methyl sites for hydroxylation is 2. The average Bonchev–Trinajstić information content (AvgIpc) is 2.86. The molecule has 0 saturated carbocycles. The standard InChI is InChI=1S/C22H25FN2O3/c1-14-10-16(11-15(2)20(14)28-22(3,4)5)12-25-19(26)13-24(21(25)27)18-8-6-17(23)7-9-18/h6-11H,12-13H2,1-5H3. The molecule has 0 radical (unpaired) electrons. The highest BCUT2D eigenvalue weighted by molar-refractivity contribution is 6.12. The Morgan fingerprint density at radius 1 is 1.04 bits per heavy atom. The smallest absolute Gasteiger partial charge is 0.332 e. The number of anilines is 1. The minimum atomic E-state index is -0.401. The van der Waals surface area contributed by atoms with Crippen molar-refractivity contribution in [2.75, 3.05) is 11.4 Å². The topological polar surface area (TPSA) is 49.9 Å². The van der Waals surface area contributed by atoms with Crippen LogP contribution in [0.25, 0.3) is 0 Å². The SMILES string of the molecule is Cc1cc(CN2C(=O)CN(c3ccc(F)cc3)C2=O)cc(C)c1OC(C)(C)C. The van der Waals surface area contributed by atoms with Crippen molar-refractivity contribution in [3.63, 3.8) is 0 Å². The van der Waals surface area contributed by atoms with Gasteiger partial charge in [-0.15, -0.1) is 0 Å². The monoisotopic (exact) mass is 384 g/mol. The Balaban J connectivity index is 1.81. The number of nitrogens with zero attached hydrogens (tertiary/aromatic N) is 2. The van der Waals surface area contributed by atoms with E-state index in [1.807, 2.05) is 46.8 Å². The fourth-order valence-corrected chi connectivity index (χ4v) is 3.30. The summed E-state index contributed by atoms with van der Waals surface area (Å²) in [6, 6.07) is 9.02. The molecule has 1 aliphatic rings. The van der Waals surface area contributed by atoms with Gasteiger partial charge in [-0.3, -0.25) is 14.6 Å². The summed E-state index contributed by atoms with van der Waals surface area (Å²) in [6.07, 6.45) is 0. The molecule has 1 heterocycles. The Morgan fingerprint density at radius 2 is 1.61 bits per heavy atom. The van der Waals surface area contributed by atoms with E-state index in [0.717, 1.165) is 22.4 Å². The fraction of sp³-hybridized carbons (Fsp3) is 0.364. The van der Waals surface area contributed by atoms with Crippen LogP contribution in [-0.2, 0) is 11.3 Å². The molecular formula is C22H25FN2O3. The van der Waals surface area contributed by atoms with Crippen LogP contribution in [0.1, 0.15) is 37.5 Å². The van der Waals surface area contributed by atoms with Crippen molar-refractivity contribution < 1.29 is 18.7 Å². The van der Waals surface area contributed by atoms with Gasteiger partial charge in [0.2, 0.25) is 0 Å². The highest BCUT2D eigenvalue weighted by Crippen LogP contribution is 2.30. The van der Waals surface area contributed by atoms with E-state index in [9.17, 15) is 14.0 Å². The normalized spacial score (nSPS) is 14.8. The van der Waals surface area contributed by atoms with Crippen molar-refractivity contribution in [1.29, 1.82) is 0 Å². The average molecular weight is 384 g/mol. The molecule has 0 aromatic heterocycles. The first-order chi connectivity index (χ1) is 13.0. The van der Waals surface area contributed by atoms with Crippen LogP contribution in [0, 0.1) is 19.7 Å². The van der Waals surface area contributed by atoms with Gasteiger partial charge in [0.1, 0.15) is 23.7 Å². The van der Waals surface area contributed by atoms with Gasteiger partial charge in [0.25, 0.3) is 5.91 Å². The molecule has 0 spiro atoms. The highest BCUT2D eigenvalue weighted by atomic mass is 19.1. The summed E-state index contributed by atoms with van der Waals surface area (Å²) >= 11 is 0. The number of hydrogen-bond donors (Lipinski definition) is 0. The van der Waals surface area contributed by atoms with Crippen LogP contribution in [0.3, 0.4) is 0 Å². The Hall–Kier alpha value is -2.89. The van der Waals surface area contributed by atoms with Gasteiger partial charge >= 0.3 is 6.03 Å². The number of ether oxygens (including phenoxy) is 1. The van der Waals surface area contributed by atoms with Crippen LogP contribution in [-0.4, -0.2) is 29.0 Å². The molecule has 28 heavy (non-hydrogen) atoms. The van der Waals surface area contributed by atoms with Crippen LogP contribution in [0.2, 0.25) is 0 Å². The lowest BCUT2D eigenvalue weighted by atomic mass is 10.0. The molecule has 0 aliphatic carbocycles. The third kappa shape index (κ3) is 4.16. The molecule has 1 saturated heterocycles. The molecule has 3 amide bonds. The number of halogens is 1. The van der Waals surface area contributed by atoms with Crippen molar-refractivity contribution in [2.24, 2.45) is 0 Å². The van der Waals surface area contributed by atoms with Gasteiger partial charge in [-0.25, -0.2) is 9.18 Å². The Kier molecular flexibility index (Phi) is 5.15. The van der Waals surface area contributed by atoms with Crippen LogP contribution in [0.4, 0.5) is 14.9 Å². The number of amides is 3. The second kappa shape index (κ2) is 7.26. The van der Waals surface area contributed by atoms with Crippen LogP contribution < -0.4 is 9.64 Å². The van der Waals surface area contributed by atoms with Gasteiger partial charge in [0.15, 0.2) is 0 Å². The van der Waals surface area contributed by atoms with E-state index in [2.05, 4.69) is 0 Å². The van der Waals surface area contributed by atoms with E-state index >= 15 is 0 Å². The highest BCUT2D eigenvalue weighted by Gasteiger charge is 2.37. The maximum Gasteiger partial charge on any atom is 0.332 e. The number of rotatable bonds is 4. The summed E-state index contributed by atoms with van der Waals surface area (Å²) in [7, 11) is 0. The van der Waals surface area contributed by atoms with Crippen molar-refractivity contribution in [3.8, 4) is 5.75 Å². The Morgan fingerprint density at radius 3 is 2.14 bits per heavy atom. The van der Waals surface area contributed by atoms with Crippen molar-refractivity contribution in [3.05, 3.63) is 58.9 Å². The minimum Gasteiger partial charge on any atom is -0.488 e. The first kappa shape index (κ1) is 19.9. The predicted molar refractivity (Wildman–Crippen MR) is 106 cm³/mol. The summed E-state index contributed by atoms with van der Waals surface area (Å²) in [5.74, 6) is 0.157. The molecule has 148 valence electrons. The van der Waals surface area contributed by atoms with Crippen LogP contribution in [0.15, 0.2) is 36.4 Å². The van der Waals surface area contributed by atoms with Gasteiger partial charge in [0, 0.05) is 5.69 Å². The minimum absolute atomic E-state index is 0.0480. The number of hydrogen-bond acceptors (Lipinski definition) is 3. The first-order valence-electron chi connectivity index (χ1n) is 9.22. The second-order valence-corrected chi connectivity index (χ2v) is 8.10. The molecule has 0 unspecified atom stereocenters. The number of carbonyl (C=O) groups is 2. The maximum absolute atomic E-state index is 13.1. The molecule has 2 aromatic carbocycles. The molecule has 0 atom stereocenters. The lowest BCUT2D eigenvalue weighted by molar-refractivity contribution is -0.125. The van der Waals surface area contributed by atoms with E-state index in [1.165, 1.54) is 34.1 Å². The van der Waals surface area contributed by atoms with Gasteiger partial charge < -0.3 is 4.74 Å². The summed E-state index contributed by atoms with van der Waals surface area (Å²) < 4.78 is 19.2. The molecule has 1 aliphatic heterocycles. The van der Waals surface area contributed by atoms with Gasteiger partial charge in [-0.2, -0.15) is 0 Å². The Labute approximate surface area is 164 Å². The van der Waals surface area contributed by atoms with Crippen molar-refractivity contribution >= 4 is 17.6 Å². The van der Waals surface area contributed by atoms with E-state index in [-0.39, 0.29) is 30.4 Å². The van der Waals surface area contributed by atoms with Gasteiger partial charge in [-0.1, -0.05) is 12.1 Å². The number of urea groups is 1. The molecule has 2 aromatic rings. The zero-order valence-corrected chi connectivity index (χ0v) is 16.9. The fourth-order valence-electron chi connectivity index (χ4n) is 3.30. The molecule has 5 nitrogen and oxygen atoms in total. The Bertz CT molecular complexity index is 893. The van der Waals surface area contributed by atoms with E-state index in [0.29, 0.717) is 5.69 Å². The largest absolute Gasteiger partial charge is 0.488 e. The van der Waals surface area contributed by atoms with Crippen LogP contribution >= 0.6 is 0 Å². The third-order valence-electron chi connectivity index (χ3n) is 4.46. The summed E-state index contributed by atoms with van der Waals surface area (Å²) in [6.45, 7) is 10.0. The van der Waals surface area contributed by atoms with Crippen LogP contribution in [0.5, 0.6) is 5.75 Å². The van der Waals surface area contributed by atoms with Gasteiger partial charge in [0.05, 0.1) is 6.54 Å². The van der Waals surface area contributed by atoms with Gasteiger partial charge in [-0.05, 0) is 75.6 Å². The summed E-state index contributed by atoms with van der Waals surface area (Å²) in [5, 5.41) is 0. The maximum atomic E-state index is 13.1. The molecule has 0 N–H and O–H groups in total. The number of carbonyl (C=O) groups excluding carboxylic acids is 2. The predicted octanol–water partition coefficient (Wildman–Crippen LogP) is 4.59. The van der Waals surface area contributed by atoms with Crippen molar-refractivity contribution in [1.82, 2.24) is 4.90 Å². The quantitative estimate of drug-likeness (QED) is 0.725. The molecule has 1 fully saturated rings. The molecular weight excluding hydrogens is 359 g/mol. The third-order valence-corrected chi connectivity index (χ3v) is 4.46. The van der Waals surface area contributed by atoms with E-state index in [4.69, 9.17) is 4.74 Å². The lowest BCUT2D eigenvalue weighted by Crippen LogP contribution is -2.32. The number of imide groups is 1. The van der Waals surface area contributed by atoms with E-state index < -0.39 is 6.03 Å². The summed E-state index contributed by atoms with van der Waals surface area (Å²) in [5.41, 5.74) is 2.97. The van der Waals surface area contributed by atoms with E-state index in [1.54, 1.807) is 0 Å². The molecule has 3 rings (SSSR count).